The molecule has 0 aliphatic carbocycles. The fourth-order valence-corrected chi connectivity index (χ4v) is 2.25. The first-order valence-corrected chi connectivity index (χ1v) is 8.17. The Hall–Kier alpha value is -0.950. The van der Waals surface area contributed by atoms with Crippen molar-refractivity contribution < 1.29 is 8.42 Å². The highest BCUT2D eigenvalue weighted by molar-refractivity contribution is 7.91. The van der Waals surface area contributed by atoms with Gasteiger partial charge in [0.15, 0.2) is 9.84 Å². The van der Waals surface area contributed by atoms with Crippen LogP contribution in [-0.4, -0.2) is 40.0 Å². The SMILES string of the molecule is CC(C)S(=O)(=O)CCn1cc(CNC(C)(C)C)nn1. The topological polar surface area (TPSA) is 76.9 Å². The van der Waals surface area contributed by atoms with E-state index in [4.69, 9.17) is 0 Å². The molecule has 0 atom stereocenters. The minimum Gasteiger partial charge on any atom is -0.306 e. The summed E-state index contributed by atoms with van der Waals surface area (Å²) in [5, 5.41) is 10.9. The number of nitrogens with one attached hydrogen (secondary N) is 1. The second-order valence-electron chi connectivity index (χ2n) is 5.99. The number of aromatic nitrogens is 3. The smallest absolute Gasteiger partial charge is 0.154 e. The van der Waals surface area contributed by atoms with Crippen molar-refractivity contribution >= 4 is 9.84 Å². The molecule has 0 spiro atoms. The number of hydrogen-bond donors (Lipinski definition) is 1. The minimum atomic E-state index is -3.03. The molecule has 0 aliphatic rings. The Morgan fingerprint density at radius 1 is 1.37 bits per heavy atom. The first kappa shape index (κ1) is 16.1. The molecule has 1 heterocycles. The summed E-state index contributed by atoms with van der Waals surface area (Å²) in [6.07, 6.45) is 1.79. The maximum atomic E-state index is 11.7. The molecular weight excluding hydrogens is 264 g/mol. The lowest BCUT2D eigenvalue weighted by atomic mass is 10.1. The van der Waals surface area contributed by atoms with Crippen LogP contribution in [0.15, 0.2) is 6.20 Å². The molecule has 6 nitrogen and oxygen atoms in total. The molecule has 0 saturated carbocycles. The van der Waals surface area contributed by atoms with Gasteiger partial charge in [0.1, 0.15) is 0 Å². The summed E-state index contributed by atoms with van der Waals surface area (Å²) in [7, 11) is -3.03. The monoisotopic (exact) mass is 288 g/mol. The van der Waals surface area contributed by atoms with Gasteiger partial charge in [-0.2, -0.15) is 0 Å². The lowest BCUT2D eigenvalue weighted by Crippen LogP contribution is -2.35. The predicted molar refractivity (Wildman–Crippen MR) is 75.5 cm³/mol. The Balaban J connectivity index is 2.52. The van der Waals surface area contributed by atoms with Crippen LogP contribution in [0.25, 0.3) is 0 Å². The van der Waals surface area contributed by atoms with E-state index in [1.54, 1.807) is 24.7 Å². The lowest BCUT2D eigenvalue weighted by molar-refractivity contribution is 0.421. The lowest BCUT2D eigenvalue weighted by Gasteiger charge is -2.19. The van der Waals surface area contributed by atoms with Crippen LogP contribution in [0.3, 0.4) is 0 Å². The maximum absolute atomic E-state index is 11.7. The van der Waals surface area contributed by atoms with Crippen molar-refractivity contribution in [2.75, 3.05) is 5.75 Å². The Labute approximate surface area is 115 Å². The van der Waals surface area contributed by atoms with Gasteiger partial charge in [0.05, 0.1) is 23.2 Å². The summed E-state index contributed by atoms with van der Waals surface area (Å²) in [6, 6.07) is 0. The first-order valence-electron chi connectivity index (χ1n) is 6.46. The zero-order valence-corrected chi connectivity index (χ0v) is 13.2. The van der Waals surface area contributed by atoms with E-state index in [0.29, 0.717) is 13.1 Å². The number of hydrogen-bond acceptors (Lipinski definition) is 5. The summed E-state index contributed by atoms with van der Waals surface area (Å²) in [6.45, 7) is 10.6. The molecule has 0 fully saturated rings. The summed E-state index contributed by atoms with van der Waals surface area (Å²) < 4.78 is 25.0. The van der Waals surface area contributed by atoms with Crippen LogP contribution in [0.5, 0.6) is 0 Å². The molecule has 0 radical (unpaired) electrons. The summed E-state index contributed by atoms with van der Waals surface area (Å²) in [5.41, 5.74) is 0.835. The highest BCUT2D eigenvalue weighted by Crippen LogP contribution is 2.04. The minimum absolute atomic E-state index is 0.0186. The van der Waals surface area contributed by atoms with Crippen molar-refractivity contribution in [2.45, 2.75) is 58.5 Å². The molecule has 1 rings (SSSR count). The van der Waals surface area contributed by atoms with E-state index < -0.39 is 9.84 Å². The molecule has 0 saturated heterocycles. The molecule has 0 amide bonds. The van der Waals surface area contributed by atoms with E-state index in [0.717, 1.165) is 5.69 Å². The fourth-order valence-electron chi connectivity index (χ4n) is 1.34. The van der Waals surface area contributed by atoms with Crippen molar-refractivity contribution in [3.63, 3.8) is 0 Å². The summed E-state index contributed by atoms with van der Waals surface area (Å²) >= 11 is 0. The van der Waals surface area contributed by atoms with Crippen molar-refractivity contribution in [3.05, 3.63) is 11.9 Å². The quantitative estimate of drug-likeness (QED) is 0.844. The summed E-state index contributed by atoms with van der Waals surface area (Å²) in [4.78, 5) is 0. The second-order valence-corrected chi connectivity index (χ2v) is 8.67. The molecule has 0 bridgehead atoms. The average molecular weight is 288 g/mol. The molecule has 1 aromatic rings. The van der Waals surface area contributed by atoms with E-state index in [9.17, 15) is 8.42 Å². The van der Waals surface area contributed by atoms with Gasteiger partial charge < -0.3 is 5.32 Å². The van der Waals surface area contributed by atoms with Crippen LogP contribution < -0.4 is 5.32 Å². The number of sulfone groups is 1. The Kier molecular flexibility index (Phi) is 5.09. The molecule has 1 N–H and O–H groups in total. The fraction of sp³-hybridized carbons (Fsp3) is 0.833. The molecule has 1 aromatic heterocycles. The van der Waals surface area contributed by atoms with Gasteiger partial charge in [-0.1, -0.05) is 5.21 Å². The van der Waals surface area contributed by atoms with Gasteiger partial charge in [-0.25, -0.2) is 8.42 Å². The molecule has 0 unspecified atom stereocenters. The Morgan fingerprint density at radius 3 is 2.53 bits per heavy atom. The highest BCUT2D eigenvalue weighted by atomic mass is 32.2. The van der Waals surface area contributed by atoms with Crippen LogP contribution >= 0.6 is 0 Å². The molecule has 110 valence electrons. The van der Waals surface area contributed by atoms with Gasteiger partial charge in [-0.05, 0) is 34.6 Å². The van der Waals surface area contributed by atoms with E-state index in [2.05, 4.69) is 36.4 Å². The van der Waals surface area contributed by atoms with Gasteiger partial charge in [0, 0.05) is 18.3 Å². The van der Waals surface area contributed by atoms with Gasteiger partial charge >= 0.3 is 0 Å². The molecule has 0 aromatic carbocycles. The maximum Gasteiger partial charge on any atom is 0.154 e. The zero-order chi connectivity index (χ0) is 14.7. The van der Waals surface area contributed by atoms with Gasteiger partial charge in [0.25, 0.3) is 0 Å². The normalized spacial score (nSPS) is 13.2. The molecule has 19 heavy (non-hydrogen) atoms. The zero-order valence-electron chi connectivity index (χ0n) is 12.3. The molecule has 0 aliphatic heterocycles. The van der Waals surface area contributed by atoms with Crippen LogP contribution in [-0.2, 0) is 22.9 Å². The molecular formula is C12H24N4O2S. The Morgan fingerprint density at radius 2 is 2.00 bits per heavy atom. The molecule has 7 heteroatoms. The van der Waals surface area contributed by atoms with Crippen molar-refractivity contribution in [1.29, 1.82) is 0 Å². The van der Waals surface area contributed by atoms with Gasteiger partial charge in [-0.15, -0.1) is 5.10 Å². The van der Waals surface area contributed by atoms with Gasteiger partial charge in [-0.3, -0.25) is 4.68 Å². The van der Waals surface area contributed by atoms with Crippen molar-refractivity contribution in [3.8, 4) is 0 Å². The van der Waals surface area contributed by atoms with Crippen LogP contribution in [0.1, 0.15) is 40.3 Å². The van der Waals surface area contributed by atoms with E-state index in [1.807, 2.05) is 0 Å². The van der Waals surface area contributed by atoms with Crippen molar-refractivity contribution in [1.82, 2.24) is 20.3 Å². The number of nitrogens with zero attached hydrogens (tertiary/aromatic N) is 3. The summed E-state index contributed by atoms with van der Waals surface area (Å²) in [5.74, 6) is 0.0974. The second kappa shape index (κ2) is 6.00. The highest BCUT2D eigenvalue weighted by Gasteiger charge is 2.16. The van der Waals surface area contributed by atoms with E-state index in [1.165, 1.54) is 0 Å². The number of rotatable bonds is 6. The van der Waals surface area contributed by atoms with E-state index >= 15 is 0 Å². The third-order valence-electron chi connectivity index (χ3n) is 2.71. The standard InChI is InChI=1S/C12H24N4O2S/c1-10(2)19(17,18)7-6-16-9-11(14-15-16)8-13-12(3,4)5/h9-10,13H,6-8H2,1-5H3. The van der Waals surface area contributed by atoms with E-state index in [-0.39, 0.29) is 16.5 Å². The van der Waals surface area contributed by atoms with Crippen LogP contribution in [0.4, 0.5) is 0 Å². The first-order chi connectivity index (χ1) is 8.60. The third-order valence-corrected chi connectivity index (χ3v) is 4.90. The largest absolute Gasteiger partial charge is 0.306 e. The van der Waals surface area contributed by atoms with Crippen LogP contribution in [0.2, 0.25) is 0 Å². The Bertz CT molecular complexity index is 500. The predicted octanol–water partition coefficient (Wildman–Crippen LogP) is 0.989. The van der Waals surface area contributed by atoms with Crippen LogP contribution in [0, 0.1) is 0 Å². The third kappa shape index (κ3) is 5.69. The van der Waals surface area contributed by atoms with Gasteiger partial charge in [0.2, 0.25) is 0 Å². The average Bonchev–Trinajstić information content (AvgIpc) is 2.70. The number of aryl methyl sites for hydroxylation is 1. The van der Waals surface area contributed by atoms with Crippen molar-refractivity contribution in [2.24, 2.45) is 0 Å².